The van der Waals surface area contributed by atoms with E-state index in [2.05, 4.69) is 10.2 Å². The van der Waals surface area contributed by atoms with E-state index in [0.29, 0.717) is 18.2 Å². The monoisotopic (exact) mass is 366 g/mol. The molecule has 0 radical (unpaired) electrons. The summed E-state index contributed by atoms with van der Waals surface area (Å²) in [6.45, 7) is 2.61. The minimum Gasteiger partial charge on any atom is -0.459 e. The number of benzene rings is 2. The Labute approximate surface area is 158 Å². The van der Waals surface area contributed by atoms with Gasteiger partial charge in [0.15, 0.2) is 0 Å². The van der Waals surface area contributed by atoms with Gasteiger partial charge in [-0.05, 0) is 38.0 Å². The average molecular weight is 366 g/mol. The first-order valence-electron chi connectivity index (χ1n) is 9.35. The third-order valence-corrected chi connectivity index (χ3v) is 4.99. The van der Waals surface area contributed by atoms with E-state index in [1.165, 1.54) is 6.07 Å². The van der Waals surface area contributed by atoms with Gasteiger partial charge < -0.3 is 9.73 Å². The summed E-state index contributed by atoms with van der Waals surface area (Å²) in [5, 5.41) is 4.02. The van der Waals surface area contributed by atoms with Crippen LogP contribution in [0.2, 0.25) is 0 Å². The predicted molar refractivity (Wildman–Crippen MR) is 103 cm³/mol. The van der Waals surface area contributed by atoms with Gasteiger partial charge in [-0.25, -0.2) is 4.39 Å². The highest BCUT2D eigenvalue weighted by Gasteiger charge is 2.31. The summed E-state index contributed by atoms with van der Waals surface area (Å²) < 4.78 is 19.8. The zero-order valence-electron chi connectivity index (χ0n) is 15.3. The lowest BCUT2D eigenvalue weighted by Gasteiger charge is -2.22. The summed E-state index contributed by atoms with van der Waals surface area (Å²) in [6.07, 6.45) is 2.11. The SMILES string of the molecule is C[C@@H](NC(=O)CN(Cc1ccccc1F)C1CC1)c1cc2ccccc2o1. The number of nitrogens with zero attached hydrogens (tertiary/aromatic N) is 1. The second-order valence-electron chi connectivity index (χ2n) is 7.20. The van der Waals surface area contributed by atoms with Crippen LogP contribution < -0.4 is 5.32 Å². The smallest absolute Gasteiger partial charge is 0.234 e. The van der Waals surface area contributed by atoms with Crippen molar-refractivity contribution in [1.29, 1.82) is 0 Å². The van der Waals surface area contributed by atoms with Gasteiger partial charge >= 0.3 is 0 Å². The third kappa shape index (κ3) is 4.19. The highest BCUT2D eigenvalue weighted by Crippen LogP contribution is 2.29. The van der Waals surface area contributed by atoms with Gasteiger partial charge in [-0.3, -0.25) is 9.69 Å². The summed E-state index contributed by atoms with van der Waals surface area (Å²) in [5.41, 5.74) is 1.44. The largest absolute Gasteiger partial charge is 0.459 e. The normalized spacial score (nSPS) is 15.2. The van der Waals surface area contributed by atoms with E-state index in [0.717, 1.165) is 29.6 Å². The minimum absolute atomic E-state index is 0.0776. The van der Waals surface area contributed by atoms with Crippen molar-refractivity contribution in [2.24, 2.45) is 0 Å². The lowest BCUT2D eigenvalue weighted by Crippen LogP contribution is -2.39. The van der Waals surface area contributed by atoms with Crippen LogP contribution in [0, 0.1) is 5.82 Å². The van der Waals surface area contributed by atoms with Crippen LogP contribution in [0.15, 0.2) is 59.0 Å². The lowest BCUT2D eigenvalue weighted by molar-refractivity contribution is -0.123. The summed E-state index contributed by atoms with van der Waals surface area (Å²) >= 11 is 0. The number of amides is 1. The number of halogens is 1. The van der Waals surface area contributed by atoms with Crippen molar-refractivity contribution in [3.05, 3.63) is 71.7 Å². The number of carbonyl (C=O) groups is 1. The molecule has 0 spiro atoms. The molecule has 27 heavy (non-hydrogen) atoms. The van der Waals surface area contributed by atoms with E-state index in [4.69, 9.17) is 4.42 Å². The number of nitrogens with one attached hydrogen (secondary N) is 1. The first-order chi connectivity index (χ1) is 13.1. The number of hydrogen-bond acceptors (Lipinski definition) is 3. The molecule has 1 fully saturated rings. The highest BCUT2D eigenvalue weighted by atomic mass is 19.1. The molecule has 3 aromatic rings. The molecule has 0 bridgehead atoms. The Balaban J connectivity index is 1.40. The molecule has 5 heteroatoms. The molecule has 0 unspecified atom stereocenters. The van der Waals surface area contributed by atoms with Gasteiger partial charge in [0.2, 0.25) is 5.91 Å². The first kappa shape index (κ1) is 17.7. The third-order valence-electron chi connectivity index (χ3n) is 4.99. The van der Waals surface area contributed by atoms with Crippen LogP contribution in [-0.2, 0) is 11.3 Å². The second-order valence-corrected chi connectivity index (χ2v) is 7.20. The molecule has 2 aromatic carbocycles. The van der Waals surface area contributed by atoms with E-state index in [-0.39, 0.29) is 24.3 Å². The van der Waals surface area contributed by atoms with E-state index >= 15 is 0 Å². The Kier molecular flexibility index (Phi) is 4.94. The van der Waals surface area contributed by atoms with Crippen molar-refractivity contribution in [1.82, 2.24) is 10.2 Å². The van der Waals surface area contributed by atoms with Crippen molar-refractivity contribution in [3.63, 3.8) is 0 Å². The molecule has 1 amide bonds. The maximum atomic E-state index is 14.0. The van der Waals surface area contributed by atoms with E-state index < -0.39 is 0 Å². The van der Waals surface area contributed by atoms with Gasteiger partial charge in [-0.1, -0.05) is 36.4 Å². The van der Waals surface area contributed by atoms with Gasteiger partial charge in [-0.2, -0.15) is 0 Å². The summed E-state index contributed by atoms with van der Waals surface area (Å²) in [7, 11) is 0. The van der Waals surface area contributed by atoms with Crippen molar-refractivity contribution in [2.45, 2.75) is 38.4 Å². The predicted octanol–water partition coefficient (Wildman–Crippen LogP) is 4.41. The Morgan fingerprint density at radius 1 is 1.22 bits per heavy atom. The Bertz CT molecular complexity index is 915. The summed E-state index contributed by atoms with van der Waals surface area (Å²) in [6, 6.07) is 16.6. The zero-order chi connectivity index (χ0) is 18.8. The molecule has 1 atom stereocenters. The van der Waals surface area contributed by atoms with Gasteiger partial charge in [0.1, 0.15) is 17.2 Å². The maximum absolute atomic E-state index is 14.0. The standard InChI is InChI=1S/C22H23FN2O2/c1-15(21-12-16-6-3-5-9-20(16)27-21)24-22(26)14-25(18-10-11-18)13-17-7-2-4-8-19(17)23/h2-9,12,15,18H,10-11,13-14H2,1H3,(H,24,26)/t15-/m1/s1. The van der Waals surface area contributed by atoms with E-state index in [1.54, 1.807) is 12.1 Å². The molecule has 1 saturated carbocycles. The van der Waals surface area contributed by atoms with Gasteiger partial charge in [0.25, 0.3) is 0 Å². The molecular formula is C22H23FN2O2. The van der Waals surface area contributed by atoms with Crippen LogP contribution in [0.5, 0.6) is 0 Å². The Hall–Kier alpha value is -2.66. The lowest BCUT2D eigenvalue weighted by atomic mass is 10.2. The fourth-order valence-corrected chi connectivity index (χ4v) is 3.36. The molecule has 1 aromatic heterocycles. The Morgan fingerprint density at radius 3 is 2.70 bits per heavy atom. The molecule has 1 aliphatic carbocycles. The van der Waals surface area contributed by atoms with E-state index in [1.807, 2.05) is 43.3 Å². The van der Waals surface area contributed by atoms with E-state index in [9.17, 15) is 9.18 Å². The molecule has 1 aliphatic rings. The number of carbonyl (C=O) groups excluding carboxylic acids is 1. The van der Waals surface area contributed by atoms with Gasteiger partial charge in [-0.15, -0.1) is 0 Å². The topological polar surface area (TPSA) is 45.5 Å². The molecule has 0 aliphatic heterocycles. The van der Waals surface area contributed by atoms with Crippen LogP contribution in [0.3, 0.4) is 0 Å². The van der Waals surface area contributed by atoms with Crippen LogP contribution >= 0.6 is 0 Å². The maximum Gasteiger partial charge on any atom is 0.234 e. The highest BCUT2D eigenvalue weighted by molar-refractivity contribution is 5.80. The van der Waals surface area contributed by atoms with Crippen LogP contribution in [-0.4, -0.2) is 23.4 Å². The second kappa shape index (κ2) is 7.53. The Morgan fingerprint density at radius 2 is 1.96 bits per heavy atom. The fraction of sp³-hybridized carbons (Fsp3) is 0.318. The van der Waals surface area contributed by atoms with Crippen LogP contribution in [0.1, 0.15) is 37.1 Å². The summed E-state index contributed by atoms with van der Waals surface area (Å²) in [4.78, 5) is 14.6. The number of furan rings is 1. The average Bonchev–Trinajstić information content (AvgIpc) is 3.41. The molecule has 0 saturated heterocycles. The fourth-order valence-electron chi connectivity index (χ4n) is 3.36. The van der Waals surface area contributed by atoms with Crippen molar-refractivity contribution < 1.29 is 13.6 Å². The number of rotatable bonds is 7. The molecular weight excluding hydrogens is 343 g/mol. The minimum atomic E-state index is -0.223. The van der Waals surface area contributed by atoms with Gasteiger partial charge in [0.05, 0.1) is 12.6 Å². The number of para-hydroxylation sites is 1. The molecule has 140 valence electrons. The molecule has 1 N–H and O–H groups in total. The zero-order valence-corrected chi connectivity index (χ0v) is 15.3. The number of fused-ring (bicyclic) bond motifs is 1. The van der Waals surface area contributed by atoms with Crippen molar-refractivity contribution in [3.8, 4) is 0 Å². The molecule has 1 heterocycles. The van der Waals surface area contributed by atoms with Gasteiger partial charge in [0, 0.05) is 23.5 Å². The number of hydrogen-bond donors (Lipinski definition) is 1. The summed E-state index contributed by atoms with van der Waals surface area (Å²) in [5.74, 6) is 0.432. The van der Waals surface area contributed by atoms with Crippen molar-refractivity contribution in [2.75, 3.05) is 6.54 Å². The quantitative estimate of drug-likeness (QED) is 0.673. The molecule has 4 rings (SSSR count). The van der Waals surface area contributed by atoms with Crippen LogP contribution in [0.4, 0.5) is 4.39 Å². The first-order valence-corrected chi connectivity index (χ1v) is 9.35. The van der Waals surface area contributed by atoms with Crippen LogP contribution in [0.25, 0.3) is 11.0 Å². The molecule has 4 nitrogen and oxygen atoms in total. The van der Waals surface area contributed by atoms with Crippen molar-refractivity contribution >= 4 is 16.9 Å².